The summed E-state index contributed by atoms with van der Waals surface area (Å²) in [4.78, 5) is 15.3. The van der Waals surface area contributed by atoms with Gasteiger partial charge in [0.2, 0.25) is 11.8 Å². The second-order valence-corrected chi connectivity index (χ2v) is 3.86. The summed E-state index contributed by atoms with van der Waals surface area (Å²) >= 11 is 4.62. The quantitative estimate of drug-likeness (QED) is 0.675. The van der Waals surface area contributed by atoms with E-state index >= 15 is 0 Å². The molecule has 0 amide bonds. The third-order valence-electron chi connectivity index (χ3n) is 1.91. The fourth-order valence-corrected chi connectivity index (χ4v) is 1.20. The van der Waals surface area contributed by atoms with E-state index < -0.39 is 0 Å². The molecule has 0 aliphatic heterocycles. The molecular weight excluding hydrogens is 294 g/mol. The van der Waals surface area contributed by atoms with E-state index in [1.807, 2.05) is 0 Å². The number of thiocarbonyl (C=S) groups is 1. The van der Waals surface area contributed by atoms with Crippen molar-refractivity contribution in [1.82, 2.24) is 19.9 Å². The number of aromatic nitrogens is 4. The maximum Gasteiger partial charge on any atom is 0.233 e. The van der Waals surface area contributed by atoms with E-state index in [9.17, 15) is 0 Å². The largest absolute Gasteiger partial charge is 0.480 e. The van der Waals surface area contributed by atoms with Crippen LogP contribution in [0.1, 0.15) is 0 Å². The first kappa shape index (κ1) is 16.3. The molecular formula is C11H15N7O2S. The Balaban J connectivity index is 0.000000219. The molecule has 0 saturated carbocycles. The lowest BCUT2D eigenvalue weighted by atomic mass is 10.6. The highest BCUT2D eigenvalue weighted by atomic mass is 32.1. The third kappa shape index (κ3) is 6.29. The second kappa shape index (κ2) is 8.43. The van der Waals surface area contributed by atoms with Crippen LogP contribution in [0.3, 0.4) is 0 Å². The molecule has 0 aliphatic rings. The molecule has 0 spiro atoms. The molecule has 21 heavy (non-hydrogen) atoms. The highest BCUT2D eigenvalue weighted by molar-refractivity contribution is 7.80. The number of anilines is 2. The van der Waals surface area contributed by atoms with Gasteiger partial charge in [-0.3, -0.25) is 9.97 Å². The molecule has 2 rings (SSSR count). The van der Waals surface area contributed by atoms with Crippen LogP contribution in [-0.2, 0) is 0 Å². The fraction of sp³-hybridized carbons (Fsp3) is 0.182. The van der Waals surface area contributed by atoms with Crippen LogP contribution in [0.5, 0.6) is 11.8 Å². The van der Waals surface area contributed by atoms with Crippen molar-refractivity contribution in [1.29, 1.82) is 0 Å². The second-order valence-electron chi connectivity index (χ2n) is 3.42. The maximum atomic E-state index is 5.28. The Labute approximate surface area is 126 Å². The minimum atomic E-state index is 0.151. The van der Waals surface area contributed by atoms with Crippen molar-refractivity contribution in [3.63, 3.8) is 0 Å². The van der Waals surface area contributed by atoms with Gasteiger partial charge < -0.3 is 26.3 Å². The first-order valence-corrected chi connectivity index (χ1v) is 6.00. The molecule has 0 radical (unpaired) electrons. The summed E-state index contributed by atoms with van der Waals surface area (Å²) in [6.07, 6.45) is 5.95. The average molecular weight is 309 g/mol. The molecule has 0 saturated heterocycles. The summed E-state index contributed by atoms with van der Waals surface area (Å²) in [5, 5.41) is 2.79. The Bertz CT molecular complexity index is 596. The highest BCUT2D eigenvalue weighted by Gasteiger charge is 1.97. The average Bonchev–Trinajstić information content (AvgIpc) is 2.47. The first-order chi connectivity index (χ1) is 10.0. The van der Waals surface area contributed by atoms with Gasteiger partial charge in [-0.25, -0.2) is 0 Å². The molecule has 112 valence electrons. The van der Waals surface area contributed by atoms with Crippen LogP contribution >= 0.6 is 12.2 Å². The third-order valence-corrected chi connectivity index (χ3v) is 2.02. The van der Waals surface area contributed by atoms with E-state index in [0.29, 0.717) is 23.4 Å². The number of nitrogens with zero attached hydrogens (tertiary/aromatic N) is 4. The van der Waals surface area contributed by atoms with E-state index in [-0.39, 0.29) is 5.11 Å². The van der Waals surface area contributed by atoms with Crippen LogP contribution in [0.2, 0.25) is 0 Å². The van der Waals surface area contributed by atoms with Crippen molar-refractivity contribution in [3.05, 3.63) is 24.8 Å². The molecule has 0 fully saturated rings. The first-order valence-electron chi connectivity index (χ1n) is 5.59. The zero-order valence-corrected chi connectivity index (χ0v) is 12.3. The van der Waals surface area contributed by atoms with Gasteiger partial charge in [0, 0.05) is 0 Å². The van der Waals surface area contributed by atoms with Crippen LogP contribution in [0.25, 0.3) is 0 Å². The minimum Gasteiger partial charge on any atom is -0.480 e. The monoisotopic (exact) mass is 309 g/mol. The zero-order valence-electron chi connectivity index (χ0n) is 11.5. The summed E-state index contributed by atoms with van der Waals surface area (Å²) in [6, 6.07) is 0. The number of hydrogen-bond acceptors (Lipinski definition) is 8. The Kier molecular flexibility index (Phi) is 6.54. The molecule has 2 aromatic rings. The van der Waals surface area contributed by atoms with E-state index in [4.69, 9.17) is 20.9 Å². The summed E-state index contributed by atoms with van der Waals surface area (Å²) in [5.41, 5.74) is 10.5. The molecule has 0 unspecified atom stereocenters. The number of rotatable bonds is 3. The zero-order chi connectivity index (χ0) is 15.7. The maximum absolute atomic E-state index is 5.28. The summed E-state index contributed by atoms with van der Waals surface area (Å²) in [6.45, 7) is 0. The summed E-state index contributed by atoms with van der Waals surface area (Å²) < 4.78 is 9.58. The van der Waals surface area contributed by atoms with Crippen LogP contribution in [0.4, 0.5) is 11.6 Å². The molecule has 2 heterocycles. The number of hydrogen-bond donors (Lipinski definition) is 3. The Morgan fingerprint density at radius 3 is 2.10 bits per heavy atom. The van der Waals surface area contributed by atoms with E-state index in [2.05, 4.69) is 37.5 Å². The van der Waals surface area contributed by atoms with Crippen molar-refractivity contribution in [2.45, 2.75) is 0 Å². The normalized spacial score (nSPS) is 9.05. The van der Waals surface area contributed by atoms with Gasteiger partial charge in [0.1, 0.15) is 5.82 Å². The van der Waals surface area contributed by atoms with Crippen molar-refractivity contribution < 1.29 is 9.47 Å². The van der Waals surface area contributed by atoms with Gasteiger partial charge >= 0.3 is 0 Å². The SMILES string of the molecule is COc1cncc(N)n1.COc1cncc(NC(N)=S)n1. The van der Waals surface area contributed by atoms with E-state index in [1.165, 1.54) is 39.0 Å². The molecule has 9 nitrogen and oxygen atoms in total. The smallest absolute Gasteiger partial charge is 0.233 e. The van der Waals surface area contributed by atoms with Crippen LogP contribution in [0, 0.1) is 0 Å². The van der Waals surface area contributed by atoms with Gasteiger partial charge in [-0.1, -0.05) is 0 Å². The standard InChI is InChI=1S/C6H8N4OS.C5H7N3O/c1-11-5-3-8-2-4(9-5)10-6(7)12;1-9-5-3-7-2-4(6)8-5/h2-3H,1H3,(H3,7,9,10,12);2-3H,1H3,(H2,6,8). The van der Waals surface area contributed by atoms with Gasteiger partial charge in [0.15, 0.2) is 10.9 Å². The van der Waals surface area contributed by atoms with E-state index in [0.717, 1.165) is 0 Å². The molecule has 2 aromatic heterocycles. The highest BCUT2D eigenvalue weighted by Crippen LogP contribution is 2.07. The molecule has 0 bridgehead atoms. The Morgan fingerprint density at radius 1 is 1.05 bits per heavy atom. The van der Waals surface area contributed by atoms with E-state index in [1.54, 1.807) is 0 Å². The van der Waals surface area contributed by atoms with Gasteiger partial charge in [-0.05, 0) is 12.2 Å². The summed E-state index contributed by atoms with van der Waals surface area (Å²) in [7, 11) is 3.03. The minimum absolute atomic E-state index is 0.151. The molecule has 0 aromatic carbocycles. The molecule has 0 aliphatic carbocycles. The number of nitrogen functional groups attached to an aromatic ring is 1. The van der Waals surface area contributed by atoms with Crippen molar-refractivity contribution >= 4 is 29.0 Å². The lowest BCUT2D eigenvalue weighted by Gasteiger charge is -2.02. The fourth-order valence-electron chi connectivity index (χ4n) is 1.09. The van der Waals surface area contributed by atoms with Crippen LogP contribution in [0.15, 0.2) is 24.8 Å². The van der Waals surface area contributed by atoms with Crippen LogP contribution < -0.4 is 26.3 Å². The topological polar surface area (TPSA) is 134 Å². The predicted octanol–water partition coefficient (Wildman–Crippen LogP) is 0.208. The number of methoxy groups -OCH3 is 2. The number of ether oxygens (including phenoxy) is 2. The predicted molar refractivity (Wildman–Crippen MR) is 82.0 cm³/mol. The van der Waals surface area contributed by atoms with Gasteiger partial charge in [0.05, 0.1) is 39.0 Å². The summed E-state index contributed by atoms with van der Waals surface area (Å²) in [5.74, 6) is 1.70. The number of nitrogens with one attached hydrogen (secondary N) is 1. The number of nitrogens with two attached hydrogens (primary N) is 2. The van der Waals surface area contributed by atoms with Gasteiger partial charge in [0.25, 0.3) is 0 Å². The Hall–Kier alpha value is -2.75. The lowest BCUT2D eigenvalue weighted by molar-refractivity contribution is 0.396. The Morgan fingerprint density at radius 2 is 1.62 bits per heavy atom. The van der Waals surface area contributed by atoms with Gasteiger partial charge in [-0.15, -0.1) is 0 Å². The van der Waals surface area contributed by atoms with Crippen molar-refractivity contribution in [3.8, 4) is 11.8 Å². The van der Waals surface area contributed by atoms with Crippen molar-refractivity contribution in [2.24, 2.45) is 5.73 Å². The molecule has 5 N–H and O–H groups in total. The lowest BCUT2D eigenvalue weighted by Crippen LogP contribution is -2.19. The van der Waals surface area contributed by atoms with Crippen LogP contribution in [-0.4, -0.2) is 39.3 Å². The molecule has 0 atom stereocenters. The van der Waals surface area contributed by atoms with Crippen molar-refractivity contribution in [2.75, 3.05) is 25.3 Å². The van der Waals surface area contributed by atoms with Gasteiger partial charge in [-0.2, -0.15) is 9.97 Å². The molecule has 10 heteroatoms.